The second-order valence-corrected chi connectivity index (χ2v) is 6.45. The summed E-state index contributed by atoms with van der Waals surface area (Å²) in [6, 6.07) is 15.0. The fraction of sp³-hybridized carbons (Fsp3) is 0.273. The highest BCUT2D eigenvalue weighted by atomic mass is 16.5. The Labute approximate surface area is 168 Å². The van der Waals surface area contributed by atoms with Gasteiger partial charge in [-0.2, -0.15) is 0 Å². The summed E-state index contributed by atoms with van der Waals surface area (Å²) in [4.78, 5) is 23.1. The SMILES string of the molecule is CCOc1cc(C(=O)NCCCn2ccc3ccccc32)ccc1OCC(=O)O. The highest BCUT2D eigenvalue weighted by Gasteiger charge is 2.12. The summed E-state index contributed by atoms with van der Waals surface area (Å²) < 4.78 is 12.8. The molecular weight excluding hydrogens is 372 g/mol. The quantitative estimate of drug-likeness (QED) is 0.513. The number of hydrogen-bond donors (Lipinski definition) is 2. The summed E-state index contributed by atoms with van der Waals surface area (Å²) in [5.74, 6) is -0.650. The van der Waals surface area contributed by atoms with Gasteiger partial charge in [-0.25, -0.2) is 4.79 Å². The predicted molar refractivity (Wildman–Crippen MR) is 110 cm³/mol. The smallest absolute Gasteiger partial charge is 0.341 e. The summed E-state index contributed by atoms with van der Waals surface area (Å²) >= 11 is 0. The van der Waals surface area contributed by atoms with E-state index in [-0.39, 0.29) is 5.91 Å². The molecule has 0 atom stereocenters. The van der Waals surface area contributed by atoms with Crippen LogP contribution in [0.5, 0.6) is 11.5 Å². The number of nitrogens with one attached hydrogen (secondary N) is 1. The molecule has 0 fully saturated rings. The number of amides is 1. The number of para-hydroxylation sites is 1. The molecule has 152 valence electrons. The lowest BCUT2D eigenvalue weighted by molar-refractivity contribution is -0.139. The number of carbonyl (C=O) groups is 2. The molecular formula is C22H24N2O5. The van der Waals surface area contributed by atoms with Crippen molar-refractivity contribution in [2.75, 3.05) is 19.8 Å². The van der Waals surface area contributed by atoms with Crippen LogP contribution >= 0.6 is 0 Å². The second kappa shape index (κ2) is 9.64. The Bertz CT molecular complexity index is 996. The third kappa shape index (κ3) is 5.28. The molecule has 0 spiro atoms. The zero-order chi connectivity index (χ0) is 20.6. The van der Waals surface area contributed by atoms with E-state index in [1.165, 1.54) is 10.9 Å². The number of carboxylic acid groups (broad SMARTS) is 1. The Morgan fingerprint density at radius 2 is 1.90 bits per heavy atom. The molecule has 2 N–H and O–H groups in total. The predicted octanol–water partition coefficient (Wildman–Crippen LogP) is 3.32. The standard InChI is InChI=1S/C22H24N2O5/c1-2-28-20-14-17(8-9-19(20)29-15-21(25)26)22(27)23-11-5-12-24-13-10-16-6-3-4-7-18(16)24/h3-4,6-10,13-14H,2,5,11-12,15H2,1H3,(H,23,27)(H,25,26). The van der Waals surface area contributed by atoms with Gasteiger partial charge in [0.1, 0.15) is 0 Å². The van der Waals surface area contributed by atoms with E-state index in [0.717, 1.165) is 13.0 Å². The molecule has 1 aromatic heterocycles. The molecule has 0 aliphatic heterocycles. The minimum Gasteiger partial charge on any atom is -0.490 e. The number of hydrogen-bond acceptors (Lipinski definition) is 4. The highest BCUT2D eigenvalue weighted by molar-refractivity contribution is 5.94. The van der Waals surface area contributed by atoms with Gasteiger partial charge in [-0.05, 0) is 49.1 Å². The highest BCUT2D eigenvalue weighted by Crippen LogP contribution is 2.28. The van der Waals surface area contributed by atoms with Crippen LogP contribution < -0.4 is 14.8 Å². The third-order valence-electron chi connectivity index (χ3n) is 4.40. The first kappa shape index (κ1) is 20.3. The van der Waals surface area contributed by atoms with Crippen LogP contribution in [0.25, 0.3) is 10.9 Å². The van der Waals surface area contributed by atoms with E-state index >= 15 is 0 Å². The van der Waals surface area contributed by atoms with E-state index < -0.39 is 12.6 Å². The maximum atomic E-state index is 12.4. The lowest BCUT2D eigenvalue weighted by atomic mass is 10.2. The van der Waals surface area contributed by atoms with Gasteiger partial charge < -0.3 is 24.5 Å². The summed E-state index contributed by atoms with van der Waals surface area (Å²) in [5.41, 5.74) is 1.61. The molecule has 29 heavy (non-hydrogen) atoms. The topological polar surface area (TPSA) is 89.8 Å². The molecule has 7 nitrogen and oxygen atoms in total. The minimum atomic E-state index is -1.08. The maximum Gasteiger partial charge on any atom is 0.341 e. The van der Waals surface area contributed by atoms with Gasteiger partial charge in [-0.1, -0.05) is 18.2 Å². The molecule has 0 bridgehead atoms. The van der Waals surface area contributed by atoms with Gasteiger partial charge in [-0.15, -0.1) is 0 Å². The molecule has 1 heterocycles. The number of rotatable bonds is 10. The van der Waals surface area contributed by atoms with E-state index in [2.05, 4.69) is 34.3 Å². The van der Waals surface area contributed by atoms with Crippen LogP contribution in [0.1, 0.15) is 23.7 Å². The lowest BCUT2D eigenvalue weighted by Gasteiger charge is -2.12. The Morgan fingerprint density at radius 3 is 2.69 bits per heavy atom. The molecule has 3 aromatic rings. The molecule has 0 saturated carbocycles. The summed E-state index contributed by atoms with van der Waals surface area (Å²) in [5, 5.41) is 12.9. The van der Waals surface area contributed by atoms with Gasteiger partial charge in [0, 0.05) is 30.4 Å². The van der Waals surface area contributed by atoms with Gasteiger partial charge in [-0.3, -0.25) is 4.79 Å². The fourth-order valence-corrected chi connectivity index (χ4v) is 3.07. The molecule has 0 unspecified atom stereocenters. The summed E-state index contributed by atoms with van der Waals surface area (Å²) in [6.07, 6.45) is 2.85. The average Bonchev–Trinajstić information content (AvgIpc) is 3.13. The summed E-state index contributed by atoms with van der Waals surface area (Å²) in [7, 11) is 0. The number of aromatic nitrogens is 1. The van der Waals surface area contributed by atoms with Gasteiger partial charge in [0.05, 0.1) is 6.61 Å². The Kier molecular flexibility index (Phi) is 6.73. The van der Waals surface area contributed by atoms with Crippen molar-refractivity contribution < 1.29 is 24.2 Å². The van der Waals surface area contributed by atoms with Crippen molar-refractivity contribution in [3.8, 4) is 11.5 Å². The van der Waals surface area contributed by atoms with Crippen molar-refractivity contribution in [2.24, 2.45) is 0 Å². The zero-order valence-electron chi connectivity index (χ0n) is 16.3. The first-order valence-electron chi connectivity index (χ1n) is 9.52. The minimum absolute atomic E-state index is 0.215. The van der Waals surface area contributed by atoms with Crippen LogP contribution in [0.2, 0.25) is 0 Å². The Hall–Kier alpha value is -3.48. The number of benzene rings is 2. The van der Waals surface area contributed by atoms with Crippen LogP contribution in [-0.4, -0.2) is 41.3 Å². The first-order chi connectivity index (χ1) is 14.1. The van der Waals surface area contributed by atoms with Crippen LogP contribution in [-0.2, 0) is 11.3 Å². The van der Waals surface area contributed by atoms with Gasteiger partial charge in [0.2, 0.25) is 0 Å². The normalized spacial score (nSPS) is 10.7. The second-order valence-electron chi connectivity index (χ2n) is 6.45. The number of aliphatic carboxylic acids is 1. The number of nitrogens with zero attached hydrogens (tertiary/aromatic N) is 1. The van der Waals surface area contributed by atoms with Crippen molar-refractivity contribution in [1.29, 1.82) is 0 Å². The Morgan fingerprint density at radius 1 is 1.07 bits per heavy atom. The number of carboxylic acids is 1. The lowest BCUT2D eigenvalue weighted by Crippen LogP contribution is -2.25. The van der Waals surface area contributed by atoms with E-state index in [4.69, 9.17) is 14.6 Å². The molecule has 2 aromatic carbocycles. The van der Waals surface area contributed by atoms with Gasteiger partial charge >= 0.3 is 5.97 Å². The molecule has 0 aliphatic carbocycles. The van der Waals surface area contributed by atoms with E-state index in [0.29, 0.717) is 30.2 Å². The van der Waals surface area contributed by atoms with Crippen molar-refractivity contribution in [1.82, 2.24) is 9.88 Å². The average molecular weight is 396 g/mol. The van der Waals surface area contributed by atoms with Crippen LogP contribution in [0.4, 0.5) is 0 Å². The molecule has 3 rings (SSSR count). The Balaban J connectivity index is 1.55. The molecule has 0 saturated heterocycles. The first-order valence-corrected chi connectivity index (χ1v) is 9.52. The molecule has 0 aliphatic rings. The van der Waals surface area contributed by atoms with Crippen molar-refractivity contribution in [3.63, 3.8) is 0 Å². The van der Waals surface area contributed by atoms with Crippen molar-refractivity contribution in [2.45, 2.75) is 19.9 Å². The third-order valence-corrected chi connectivity index (χ3v) is 4.40. The van der Waals surface area contributed by atoms with Crippen molar-refractivity contribution >= 4 is 22.8 Å². The number of aryl methyl sites for hydroxylation is 1. The van der Waals surface area contributed by atoms with Crippen LogP contribution in [0.3, 0.4) is 0 Å². The largest absolute Gasteiger partial charge is 0.490 e. The van der Waals surface area contributed by atoms with Crippen LogP contribution in [0, 0.1) is 0 Å². The zero-order valence-corrected chi connectivity index (χ0v) is 16.3. The fourth-order valence-electron chi connectivity index (χ4n) is 3.07. The monoisotopic (exact) mass is 396 g/mol. The molecule has 0 radical (unpaired) electrons. The van der Waals surface area contributed by atoms with Crippen molar-refractivity contribution in [3.05, 3.63) is 60.3 Å². The molecule has 7 heteroatoms. The van der Waals surface area contributed by atoms with Crippen LogP contribution in [0.15, 0.2) is 54.7 Å². The van der Waals surface area contributed by atoms with Gasteiger partial charge in [0.25, 0.3) is 5.91 Å². The number of fused-ring (bicyclic) bond motifs is 1. The van der Waals surface area contributed by atoms with Gasteiger partial charge in [0.15, 0.2) is 18.1 Å². The van der Waals surface area contributed by atoms with E-state index in [9.17, 15) is 9.59 Å². The molecule has 1 amide bonds. The number of carbonyl (C=O) groups excluding carboxylic acids is 1. The number of ether oxygens (including phenoxy) is 2. The van der Waals surface area contributed by atoms with E-state index in [1.807, 2.05) is 12.1 Å². The van der Waals surface area contributed by atoms with E-state index in [1.54, 1.807) is 25.1 Å². The summed E-state index contributed by atoms with van der Waals surface area (Å²) in [6.45, 7) is 3.05. The maximum absolute atomic E-state index is 12.4.